The fraction of sp³-hybridized carbons (Fsp3) is 0.308. The van der Waals surface area contributed by atoms with E-state index in [1.165, 1.54) is 5.56 Å². The van der Waals surface area contributed by atoms with Crippen molar-refractivity contribution in [3.63, 3.8) is 0 Å². The molecule has 0 aliphatic rings. The van der Waals surface area contributed by atoms with Crippen LogP contribution in [0.2, 0.25) is 0 Å². The van der Waals surface area contributed by atoms with E-state index in [2.05, 4.69) is 22.5 Å². The zero-order valence-corrected chi connectivity index (χ0v) is 11.3. The van der Waals surface area contributed by atoms with Gasteiger partial charge in [0.1, 0.15) is 0 Å². The van der Waals surface area contributed by atoms with Gasteiger partial charge >= 0.3 is 0 Å². The van der Waals surface area contributed by atoms with Crippen molar-refractivity contribution in [3.8, 4) is 0 Å². The maximum absolute atomic E-state index is 12.0. The summed E-state index contributed by atoms with van der Waals surface area (Å²) in [6.45, 7) is 6.31. The standard InChI is InChI=1S/C13H16BrNO/c1-10(2)9-15(3)13(16)12-6-4-11(8-14)5-7-12/h4-7H,1,8-9H2,2-3H3. The van der Waals surface area contributed by atoms with Crippen LogP contribution >= 0.6 is 15.9 Å². The highest BCUT2D eigenvalue weighted by molar-refractivity contribution is 9.08. The number of alkyl halides is 1. The summed E-state index contributed by atoms with van der Waals surface area (Å²) in [6.07, 6.45) is 0. The lowest BCUT2D eigenvalue weighted by molar-refractivity contribution is 0.0807. The van der Waals surface area contributed by atoms with Crippen LogP contribution in [0.5, 0.6) is 0 Å². The average molecular weight is 282 g/mol. The monoisotopic (exact) mass is 281 g/mol. The lowest BCUT2D eigenvalue weighted by Gasteiger charge is -2.17. The topological polar surface area (TPSA) is 20.3 Å². The molecule has 16 heavy (non-hydrogen) atoms. The Bertz CT molecular complexity index is 383. The van der Waals surface area contributed by atoms with Gasteiger partial charge in [0.05, 0.1) is 0 Å². The molecule has 2 nitrogen and oxygen atoms in total. The Hall–Kier alpha value is -1.09. The third-order valence-corrected chi connectivity index (χ3v) is 2.86. The van der Waals surface area contributed by atoms with Crippen LogP contribution in [0.25, 0.3) is 0 Å². The summed E-state index contributed by atoms with van der Waals surface area (Å²) in [5.41, 5.74) is 2.86. The predicted molar refractivity (Wildman–Crippen MR) is 70.8 cm³/mol. The van der Waals surface area contributed by atoms with Crippen molar-refractivity contribution >= 4 is 21.8 Å². The number of halogens is 1. The first-order valence-corrected chi connectivity index (χ1v) is 6.21. The average Bonchev–Trinajstić information content (AvgIpc) is 2.27. The summed E-state index contributed by atoms with van der Waals surface area (Å²) in [5, 5.41) is 0.809. The lowest BCUT2D eigenvalue weighted by atomic mass is 10.1. The second-order valence-corrected chi connectivity index (χ2v) is 4.51. The molecule has 0 aromatic heterocycles. The quantitative estimate of drug-likeness (QED) is 0.613. The van der Waals surface area contributed by atoms with Crippen molar-refractivity contribution in [1.82, 2.24) is 4.90 Å². The summed E-state index contributed by atoms with van der Waals surface area (Å²) in [5.74, 6) is 0.0316. The van der Waals surface area contributed by atoms with Gasteiger partial charge in [-0.3, -0.25) is 4.79 Å². The zero-order chi connectivity index (χ0) is 12.1. The molecule has 3 heteroatoms. The van der Waals surface area contributed by atoms with Crippen LogP contribution in [-0.2, 0) is 5.33 Å². The van der Waals surface area contributed by atoms with Crippen LogP contribution in [0.1, 0.15) is 22.8 Å². The van der Waals surface area contributed by atoms with Gasteiger partial charge in [-0.15, -0.1) is 0 Å². The molecule has 0 aliphatic heterocycles. The molecule has 0 aliphatic carbocycles. The molecular formula is C13H16BrNO. The van der Waals surface area contributed by atoms with E-state index in [1.807, 2.05) is 31.2 Å². The summed E-state index contributed by atoms with van der Waals surface area (Å²) in [7, 11) is 1.79. The minimum absolute atomic E-state index is 0.0316. The SMILES string of the molecule is C=C(C)CN(C)C(=O)c1ccc(CBr)cc1. The Morgan fingerprint density at radius 3 is 2.38 bits per heavy atom. The van der Waals surface area contributed by atoms with E-state index in [1.54, 1.807) is 11.9 Å². The number of likely N-dealkylation sites (N-methyl/N-ethyl adjacent to an activating group) is 1. The van der Waals surface area contributed by atoms with Gasteiger partial charge in [0.15, 0.2) is 0 Å². The highest BCUT2D eigenvalue weighted by Gasteiger charge is 2.10. The van der Waals surface area contributed by atoms with Gasteiger partial charge in [0, 0.05) is 24.5 Å². The predicted octanol–water partition coefficient (Wildman–Crippen LogP) is 3.23. The van der Waals surface area contributed by atoms with Crippen LogP contribution in [0.15, 0.2) is 36.4 Å². The molecule has 0 atom stereocenters. The Balaban J connectivity index is 2.75. The fourth-order valence-corrected chi connectivity index (χ4v) is 1.81. The molecule has 0 heterocycles. The Kier molecular flexibility index (Phi) is 4.74. The van der Waals surface area contributed by atoms with Gasteiger partial charge in [0.2, 0.25) is 0 Å². The van der Waals surface area contributed by atoms with E-state index in [0.29, 0.717) is 12.1 Å². The summed E-state index contributed by atoms with van der Waals surface area (Å²) >= 11 is 3.37. The molecule has 1 amide bonds. The minimum atomic E-state index is 0.0316. The van der Waals surface area contributed by atoms with Crippen molar-refractivity contribution in [2.45, 2.75) is 12.3 Å². The molecule has 0 fully saturated rings. The normalized spacial score (nSPS) is 9.94. The molecule has 0 saturated carbocycles. The summed E-state index contributed by atoms with van der Waals surface area (Å²) in [6, 6.07) is 7.62. The molecule has 0 N–H and O–H groups in total. The molecule has 0 unspecified atom stereocenters. The number of benzene rings is 1. The third-order valence-electron chi connectivity index (χ3n) is 2.21. The van der Waals surface area contributed by atoms with Gasteiger partial charge in [0.25, 0.3) is 5.91 Å². The molecule has 0 spiro atoms. The van der Waals surface area contributed by atoms with Crippen LogP contribution in [0, 0.1) is 0 Å². The minimum Gasteiger partial charge on any atom is -0.338 e. The first kappa shape index (κ1) is 13.0. The number of hydrogen-bond donors (Lipinski definition) is 0. The Morgan fingerprint density at radius 2 is 1.94 bits per heavy atom. The van der Waals surface area contributed by atoms with Crippen LogP contribution in [-0.4, -0.2) is 24.4 Å². The van der Waals surface area contributed by atoms with Crippen molar-refractivity contribution < 1.29 is 4.79 Å². The fourth-order valence-electron chi connectivity index (χ4n) is 1.43. The van der Waals surface area contributed by atoms with E-state index in [4.69, 9.17) is 0 Å². The van der Waals surface area contributed by atoms with Gasteiger partial charge in [-0.25, -0.2) is 0 Å². The number of carbonyl (C=O) groups excluding carboxylic acids is 1. The number of hydrogen-bond acceptors (Lipinski definition) is 1. The van der Waals surface area contributed by atoms with Gasteiger partial charge in [-0.05, 0) is 24.6 Å². The van der Waals surface area contributed by atoms with Crippen molar-refractivity contribution in [3.05, 3.63) is 47.5 Å². The van der Waals surface area contributed by atoms with E-state index < -0.39 is 0 Å². The smallest absolute Gasteiger partial charge is 0.253 e. The molecule has 0 bridgehead atoms. The summed E-state index contributed by atoms with van der Waals surface area (Å²) in [4.78, 5) is 13.6. The van der Waals surface area contributed by atoms with Crippen LogP contribution < -0.4 is 0 Å². The van der Waals surface area contributed by atoms with Crippen molar-refractivity contribution in [1.29, 1.82) is 0 Å². The maximum atomic E-state index is 12.0. The van der Waals surface area contributed by atoms with Crippen molar-refractivity contribution in [2.24, 2.45) is 0 Å². The summed E-state index contributed by atoms with van der Waals surface area (Å²) < 4.78 is 0. The molecule has 1 rings (SSSR count). The number of nitrogens with zero attached hydrogens (tertiary/aromatic N) is 1. The number of amides is 1. The molecule has 0 radical (unpaired) electrons. The van der Waals surface area contributed by atoms with Crippen LogP contribution in [0.3, 0.4) is 0 Å². The van der Waals surface area contributed by atoms with Gasteiger partial charge in [-0.1, -0.05) is 40.2 Å². The van der Waals surface area contributed by atoms with Gasteiger partial charge in [-0.2, -0.15) is 0 Å². The Morgan fingerprint density at radius 1 is 1.38 bits per heavy atom. The lowest BCUT2D eigenvalue weighted by Crippen LogP contribution is -2.28. The molecule has 1 aromatic carbocycles. The van der Waals surface area contributed by atoms with Gasteiger partial charge < -0.3 is 4.90 Å². The second-order valence-electron chi connectivity index (χ2n) is 3.95. The molecule has 0 saturated heterocycles. The van der Waals surface area contributed by atoms with E-state index in [0.717, 1.165) is 10.9 Å². The largest absolute Gasteiger partial charge is 0.338 e. The Labute approximate surface area is 105 Å². The first-order chi connectivity index (χ1) is 7.54. The van der Waals surface area contributed by atoms with Crippen molar-refractivity contribution in [2.75, 3.05) is 13.6 Å². The van der Waals surface area contributed by atoms with E-state index >= 15 is 0 Å². The van der Waals surface area contributed by atoms with Crippen LogP contribution in [0.4, 0.5) is 0 Å². The maximum Gasteiger partial charge on any atom is 0.253 e. The number of carbonyl (C=O) groups is 1. The highest BCUT2D eigenvalue weighted by atomic mass is 79.9. The zero-order valence-electron chi connectivity index (χ0n) is 9.66. The second kappa shape index (κ2) is 5.85. The molecule has 1 aromatic rings. The van der Waals surface area contributed by atoms with E-state index in [9.17, 15) is 4.79 Å². The highest BCUT2D eigenvalue weighted by Crippen LogP contribution is 2.10. The first-order valence-electron chi connectivity index (χ1n) is 5.09. The van der Waals surface area contributed by atoms with E-state index in [-0.39, 0.29) is 5.91 Å². The molecular weight excluding hydrogens is 266 g/mol. The third kappa shape index (κ3) is 3.49. The molecule has 86 valence electrons. The number of rotatable bonds is 4.